The smallest absolute Gasteiger partial charge is 0.290 e. The van der Waals surface area contributed by atoms with E-state index < -0.39 is 29.0 Å². The first-order valence-electron chi connectivity index (χ1n) is 8.31. The summed E-state index contributed by atoms with van der Waals surface area (Å²) in [6.45, 7) is 5.26. The molecule has 0 N–H and O–H groups in total. The Bertz CT molecular complexity index is 1090. The highest BCUT2D eigenvalue weighted by molar-refractivity contribution is 6.31. The SMILES string of the molecule is Cc1cc(N(C(=O)n2nnn(-c3c(F)cccc3F)c2=O)C(C)C)ccc1Cl. The third-order valence-electron chi connectivity index (χ3n) is 4.05. The van der Waals surface area contributed by atoms with Crippen LogP contribution in [0.3, 0.4) is 0 Å². The lowest BCUT2D eigenvalue weighted by Gasteiger charge is -2.26. The molecule has 0 bridgehead atoms. The van der Waals surface area contributed by atoms with Crippen molar-refractivity contribution in [3.05, 3.63) is 69.1 Å². The fraction of sp³-hybridized carbons (Fsp3) is 0.222. The third kappa shape index (κ3) is 3.40. The van der Waals surface area contributed by atoms with Crippen molar-refractivity contribution in [3.8, 4) is 5.69 Å². The van der Waals surface area contributed by atoms with E-state index in [1.54, 1.807) is 39.0 Å². The highest BCUT2D eigenvalue weighted by Crippen LogP contribution is 2.24. The first kappa shape index (κ1) is 19.7. The van der Waals surface area contributed by atoms with Crippen molar-refractivity contribution in [1.82, 2.24) is 19.8 Å². The lowest BCUT2D eigenvalue weighted by Crippen LogP contribution is -2.44. The second-order valence-electron chi connectivity index (χ2n) is 6.34. The maximum absolute atomic E-state index is 14.0. The lowest BCUT2D eigenvalue weighted by molar-refractivity contribution is 0.242. The molecule has 0 spiro atoms. The molecule has 2 aromatic carbocycles. The van der Waals surface area contributed by atoms with Gasteiger partial charge in [0, 0.05) is 16.8 Å². The average molecular weight is 408 g/mol. The molecular weight excluding hydrogens is 392 g/mol. The van der Waals surface area contributed by atoms with Gasteiger partial charge in [0.1, 0.15) is 5.69 Å². The Balaban J connectivity index is 2.08. The molecule has 0 aliphatic carbocycles. The summed E-state index contributed by atoms with van der Waals surface area (Å²) < 4.78 is 28.8. The summed E-state index contributed by atoms with van der Waals surface area (Å²) in [5.41, 5.74) is -0.571. The lowest BCUT2D eigenvalue weighted by atomic mass is 10.2. The van der Waals surface area contributed by atoms with Crippen LogP contribution < -0.4 is 10.6 Å². The number of benzene rings is 2. The maximum Gasteiger partial charge on any atom is 0.377 e. The molecule has 28 heavy (non-hydrogen) atoms. The number of anilines is 1. The molecule has 3 rings (SSSR count). The molecule has 146 valence electrons. The topological polar surface area (TPSA) is 73.0 Å². The molecule has 0 atom stereocenters. The summed E-state index contributed by atoms with van der Waals surface area (Å²) in [5, 5.41) is 7.50. The van der Waals surface area contributed by atoms with E-state index in [-0.39, 0.29) is 6.04 Å². The number of rotatable bonds is 3. The van der Waals surface area contributed by atoms with E-state index in [1.807, 2.05) is 0 Å². The zero-order chi connectivity index (χ0) is 20.6. The van der Waals surface area contributed by atoms with Gasteiger partial charge in [-0.05, 0) is 67.1 Å². The number of tetrazole rings is 1. The zero-order valence-electron chi connectivity index (χ0n) is 15.2. The first-order valence-corrected chi connectivity index (χ1v) is 8.69. The summed E-state index contributed by atoms with van der Waals surface area (Å²) >= 11 is 6.03. The van der Waals surface area contributed by atoms with Gasteiger partial charge in [0.05, 0.1) is 0 Å². The number of carbonyl (C=O) groups is 1. The van der Waals surface area contributed by atoms with E-state index in [0.717, 1.165) is 23.8 Å². The number of hydrogen-bond donors (Lipinski definition) is 0. The van der Waals surface area contributed by atoms with Gasteiger partial charge in [-0.2, -0.15) is 4.68 Å². The van der Waals surface area contributed by atoms with Crippen LogP contribution in [0.5, 0.6) is 0 Å². The van der Waals surface area contributed by atoms with Crippen molar-refractivity contribution >= 4 is 23.3 Å². The molecule has 0 aliphatic rings. The van der Waals surface area contributed by atoms with Crippen LogP contribution in [0.1, 0.15) is 19.4 Å². The number of hydrogen-bond acceptors (Lipinski definition) is 4. The Morgan fingerprint density at radius 2 is 1.79 bits per heavy atom. The van der Waals surface area contributed by atoms with E-state index in [0.29, 0.717) is 20.1 Å². The number of carbonyl (C=O) groups excluding carboxylic acids is 1. The van der Waals surface area contributed by atoms with Gasteiger partial charge < -0.3 is 0 Å². The van der Waals surface area contributed by atoms with Gasteiger partial charge in [-0.1, -0.05) is 17.7 Å². The fourth-order valence-corrected chi connectivity index (χ4v) is 2.83. The summed E-state index contributed by atoms with van der Waals surface area (Å²) in [4.78, 5) is 26.9. The van der Waals surface area contributed by atoms with Crippen molar-refractivity contribution in [3.63, 3.8) is 0 Å². The largest absolute Gasteiger partial charge is 0.377 e. The van der Waals surface area contributed by atoms with Gasteiger partial charge in [0.2, 0.25) is 0 Å². The number of halogens is 3. The quantitative estimate of drug-likeness (QED) is 0.622. The monoisotopic (exact) mass is 407 g/mol. The Morgan fingerprint density at radius 1 is 1.14 bits per heavy atom. The third-order valence-corrected chi connectivity index (χ3v) is 4.48. The Hall–Kier alpha value is -3.07. The number of para-hydroxylation sites is 1. The molecule has 0 fully saturated rings. The number of aryl methyl sites for hydroxylation is 1. The highest BCUT2D eigenvalue weighted by Gasteiger charge is 2.27. The van der Waals surface area contributed by atoms with Gasteiger partial charge in [-0.15, -0.1) is 4.68 Å². The van der Waals surface area contributed by atoms with E-state index in [1.165, 1.54) is 4.90 Å². The van der Waals surface area contributed by atoms with Crippen molar-refractivity contribution in [2.24, 2.45) is 0 Å². The number of amides is 1. The molecule has 0 aliphatic heterocycles. The van der Waals surface area contributed by atoms with Crippen molar-refractivity contribution in [2.45, 2.75) is 26.8 Å². The summed E-state index contributed by atoms with van der Waals surface area (Å²) in [5.74, 6) is -2.01. The van der Waals surface area contributed by atoms with Crippen LogP contribution >= 0.6 is 11.6 Å². The van der Waals surface area contributed by atoms with Gasteiger partial charge in [-0.3, -0.25) is 4.90 Å². The van der Waals surface area contributed by atoms with Crippen LogP contribution in [0.25, 0.3) is 5.69 Å². The van der Waals surface area contributed by atoms with Crippen LogP contribution in [-0.2, 0) is 0 Å². The Kier molecular flexibility index (Phi) is 5.28. The molecule has 1 amide bonds. The van der Waals surface area contributed by atoms with Gasteiger partial charge in [0.15, 0.2) is 11.6 Å². The maximum atomic E-state index is 14.0. The molecule has 10 heteroatoms. The van der Waals surface area contributed by atoms with E-state index in [4.69, 9.17) is 11.6 Å². The summed E-state index contributed by atoms with van der Waals surface area (Å²) in [6.07, 6.45) is 0. The summed E-state index contributed by atoms with van der Waals surface area (Å²) in [6, 6.07) is 6.87. The van der Waals surface area contributed by atoms with Crippen LogP contribution in [-0.4, -0.2) is 31.9 Å². The molecule has 0 unspecified atom stereocenters. The van der Waals surface area contributed by atoms with E-state index in [9.17, 15) is 18.4 Å². The minimum Gasteiger partial charge on any atom is -0.290 e. The van der Waals surface area contributed by atoms with Crippen LogP contribution in [0.4, 0.5) is 19.3 Å². The number of aromatic nitrogens is 4. The summed E-state index contributed by atoms with van der Waals surface area (Å²) in [7, 11) is 0. The van der Waals surface area contributed by atoms with Crippen molar-refractivity contribution < 1.29 is 13.6 Å². The molecule has 0 saturated carbocycles. The predicted octanol–water partition coefficient (Wildman–Crippen LogP) is 3.55. The zero-order valence-corrected chi connectivity index (χ0v) is 16.0. The molecule has 1 aromatic heterocycles. The second kappa shape index (κ2) is 7.51. The minimum atomic E-state index is -1.09. The van der Waals surface area contributed by atoms with Crippen LogP contribution in [0.2, 0.25) is 5.02 Å². The molecular formula is C18H16ClF2N5O2. The van der Waals surface area contributed by atoms with Gasteiger partial charge in [-0.25, -0.2) is 18.4 Å². The first-order chi connectivity index (χ1) is 13.2. The van der Waals surface area contributed by atoms with Gasteiger partial charge in [0.25, 0.3) is 0 Å². The Morgan fingerprint density at radius 3 is 2.36 bits per heavy atom. The normalized spacial score (nSPS) is 11.1. The molecule has 0 saturated heterocycles. The highest BCUT2D eigenvalue weighted by atomic mass is 35.5. The Labute approximate surface area is 163 Å². The molecule has 3 aromatic rings. The van der Waals surface area contributed by atoms with Gasteiger partial charge >= 0.3 is 11.7 Å². The fourth-order valence-electron chi connectivity index (χ4n) is 2.71. The van der Waals surface area contributed by atoms with E-state index in [2.05, 4.69) is 10.4 Å². The standard InChI is InChI=1S/C18H16ClF2N5O2/c1-10(2)24(12-7-8-13(19)11(3)9-12)17(27)26-18(28)25(22-23-26)16-14(20)5-4-6-15(16)21/h4-10H,1-3H3. The second-order valence-corrected chi connectivity index (χ2v) is 6.74. The molecule has 0 radical (unpaired) electrons. The van der Waals surface area contributed by atoms with E-state index >= 15 is 0 Å². The predicted molar refractivity (Wildman–Crippen MR) is 100 cm³/mol. The van der Waals surface area contributed by atoms with Crippen LogP contribution in [0.15, 0.2) is 41.2 Å². The minimum absolute atomic E-state index is 0.352. The van der Waals surface area contributed by atoms with Crippen LogP contribution in [0, 0.1) is 18.6 Å². The molecule has 7 nitrogen and oxygen atoms in total. The average Bonchev–Trinajstić information content (AvgIpc) is 2.99. The van der Waals surface area contributed by atoms with Crippen molar-refractivity contribution in [2.75, 3.05) is 4.90 Å². The number of nitrogens with zero attached hydrogens (tertiary/aromatic N) is 5. The van der Waals surface area contributed by atoms with Crippen molar-refractivity contribution in [1.29, 1.82) is 0 Å². The molecule has 1 heterocycles.